The average molecular weight is 249 g/mol. The summed E-state index contributed by atoms with van der Waals surface area (Å²) in [6.07, 6.45) is 2.82. The minimum absolute atomic E-state index is 0.158. The average Bonchev–Trinajstić information content (AvgIpc) is 2.81. The summed E-state index contributed by atoms with van der Waals surface area (Å²) in [5.41, 5.74) is 1.08. The second-order valence-electron chi connectivity index (χ2n) is 3.38. The van der Waals surface area contributed by atoms with E-state index < -0.39 is 0 Å². The molecule has 1 aromatic heterocycles. The summed E-state index contributed by atoms with van der Waals surface area (Å²) < 4.78 is 5.01. The third-order valence-corrected chi connectivity index (χ3v) is 2.52. The third kappa shape index (κ3) is 2.60. The van der Waals surface area contributed by atoms with Crippen LogP contribution in [0.4, 0.5) is 0 Å². The topological polar surface area (TPSA) is 56.0 Å². The Hall–Kier alpha value is -1.94. The van der Waals surface area contributed by atoms with Gasteiger partial charge in [0.1, 0.15) is 0 Å². The van der Waals surface area contributed by atoms with E-state index in [4.69, 9.17) is 16.0 Å². The molecule has 2 aromatic rings. The van der Waals surface area contributed by atoms with Crippen molar-refractivity contribution in [2.75, 3.05) is 0 Å². The van der Waals surface area contributed by atoms with Gasteiger partial charge in [-0.15, -0.1) is 10.2 Å². The van der Waals surface area contributed by atoms with E-state index in [0.29, 0.717) is 10.6 Å². The Balaban J connectivity index is 2.48. The number of benzene rings is 1. The Morgan fingerprint density at radius 2 is 2.18 bits per heavy atom. The van der Waals surface area contributed by atoms with E-state index in [1.54, 1.807) is 12.1 Å². The Bertz CT molecular complexity index is 562. The molecule has 0 saturated heterocycles. The monoisotopic (exact) mass is 248 g/mol. The van der Waals surface area contributed by atoms with Gasteiger partial charge in [-0.3, -0.25) is 4.79 Å². The summed E-state index contributed by atoms with van der Waals surface area (Å²) in [7, 11) is 0. The number of hydrogen-bond acceptors (Lipinski definition) is 4. The van der Waals surface area contributed by atoms with Crippen LogP contribution in [-0.4, -0.2) is 16.0 Å². The molecule has 0 fully saturated rings. The smallest absolute Gasteiger partial charge is 0.251 e. The Kier molecular flexibility index (Phi) is 3.35. The van der Waals surface area contributed by atoms with Crippen LogP contribution in [0.1, 0.15) is 18.4 Å². The third-order valence-electron chi connectivity index (χ3n) is 2.17. The molecule has 0 aliphatic rings. The quantitative estimate of drug-likeness (QED) is 0.784. The molecule has 17 heavy (non-hydrogen) atoms. The van der Waals surface area contributed by atoms with Gasteiger partial charge in [-0.2, -0.15) is 0 Å². The van der Waals surface area contributed by atoms with Crippen LogP contribution in [0.25, 0.3) is 11.6 Å². The predicted octanol–water partition coefficient (Wildman–Crippen LogP) is 2.85. The first-order chi connectivity index (χ1) is 8.18. The number of Topliss-reactive ketones (excluding diaryl/α,β-unsaturated/α-hetero) is 1. The van der Waals surface area contributed by atoms with Crippen molar-refractivity contribution in [2.45, 2.75) is 6.92 Å². The first-order valence-electron chi connectivity index (χ1n) is 4.92. The summed E-state index contributed by atoms with van der Waals surface area (Å²) in [6.45, 7) is 1.44. The van der Waals surface area contributed by atoms with Gasteiger partial charge in [0, 0.05) is 5.02 Å². The number of ketones is 1. The molecular formula is C12H9ClN2O2. The van der Waals surface area contributed by atoms with E-state index in [1.165, 1.54) is 13.3 Å². The van der Waals surface area contributed by atoms with Crippen molar-refractivity contribution in [3.05, 3.63) is 47.1 Å². The minimum atomic E-state index is -0.158. The van der Waals surface area contributed by atoms with E-state index in [1.807, 2.05) is 18.2 Å². The van der Waals surface area contributed by atoms with Crippen molar-refractivity contribution in [3.63, 3.8) is 0 Å². The van der Waals surface area contributed by atoms with Crippen molar-refractivity contribution < 1.29 is 9.21 Å². The Morgan fingerprint density at radius 3 is 2.76 bits per heavy atom. The number of allylic oxidation sites excluding steroid dienone is 1. The molecule has 0 amide bonds. The molecule has 0 saturated carbocycles. The van der Waals surface area contributed by atoms with E-state index >= 15 is 0 Å². The maximum absolute atomic E-state index is 11.5. The van der Waals surface area contributed by atoms with Gasteiger partial charge in [0.15, 0.2) is 5.78 Å². The molecule has 0 N–H and O–H groups in total. The Morgan fingerprint density at radius 1 is 1.41 bits per heavy atom. The van der Waals surface area contributed by atoms with Gasteiger partial charge < -0.3 is 4.42 Å². The highest BCUT2D eigenvalue weighted by molar-refractivity contribution is 6.33. The molecule has 5 heteroatoms. The van der Waals surface area contributed by atoms with Gasteiger partial charge in [0.2, 0.25) is 6.39 Å². The van der Waals surface area contributed by atoms with Gasteiger partial charge in [-0.25, -0.2) is 0 Å². The van der Waals surface area contributed by atoms with Crippen molar-refractivity contribution in [1.29, 1.82) is 0 Å². The first kappa shape index (κ1) is 11.5. The largest absolute Gasteiger partial charge is 0.423 e. The number of carbonyl (C=O) groups is 1. The van der Waals surface area contributed by atoms with E-state index in [2.05, 4.69) is 10.2 Å². The van der Waals surface area contributed by atoms with Crippen molar-refractivity contribution >= 4 is 29.0 Å². The zero-order chi connectivity index (χ0) is 12.3. The second kappa shape index (κ2) is 4.93. The summed E-state index contributed by atoms with van der Waals surface area (Å²) in [5.74, 6) is 0.0339. The Labute approximate surface area is 103 Å². The predicted molar refractivity (Wildman–Crippen MR) is 64.3 cm³/mol. The van der Waals surface area contributed by atoms with Crippen LogP contribution in [0, 0.1) is 0 Å². The fourth-order valence-corrected chi connectivity index (χ4v) is 1.54. The van der Waals surface area contributed by atoms with Gasteiger partial charge >= 0.3 is 0 Å². The van der Waals surface area contributed by atoms with Crippen LogP contribution < -0.4 is 0 Å². The molecule has 0 aliphatic heterocycles. The lowest BCUT2D eigenvalue weighted by atomic mass is 10.1. The zero-order valence-corrected chi connectivity index (χ0v) is 9.81. The van der Waals surface area contributed by atoms with E-state index in [9.17, 15) is 4.79 Å². The molecular weight excluding hydrogens is 240 g/mol. The molecule has 0 atom stereocenters. The number of rotatable bonds is 3. The highest BCUT2D eigenvalue weighted by Crippen LogP contribution is 2.22. The van der Waals surface area contributed by atoms with Crippen LogP contribution in [0.3, 0.4) is 0 Å². The number of carbonyl (C=O) groups excluding carboxylic acids is 1. The fourth-order valence-electron chi connectivity index (χ4n) is 1.35. The highest BCUT2D eigenvalue weighted by atomic mass is 35.5. The number of nitrogens with zero attached hydrogens (tertiary/aromatic N) is 2. The molecule has 1 heterocycles. The van der Waals surface area contributed by atoms with Crippen LogP contribution >= 0.6 is 11.6 Å². The maximum Gasteiger partial charge on any atom is 0.251 e. The fraction of sp³-hybridized carbons (Fsp3) is 0.0833. The molecule has 86 valence electrons. The molecule has 0 aliphatic carbocycles. The summed E-state index contributed by atoms with van der Waals surface area (Å²) in [6, 6.07) is 7.21. The highest BCUT2D eigenvalue weighted by Gasteiger charge is 2.13. The lowest BCUT2D eigenvalue weighted by Gasteiger charge is -2.00. The summed E-state index contributed by atoms with van der Waals surface area (Å²) >= 11 is 6.01. The minimum Gasteiger partial charge on any atom is -0.423 e. The molecule has 0 radical (unpaired) electrons. The van der Waals surface area contributed by atoms with Crippen molar-refractivity contribution in [2.24, 2.45) is 0 Å². The summed E-state index contributed by atoms with van der Waals surface area (Å²) in [4.78, 5) is 11.5. The molecule has 0 bridgehead atoms. The van der Waals surface area contributed by atoms with Crippen molar-refractivity contribution in [3.8, 4) is 0 Å². The number of halogens is 1. The first-order valence-corrected chi connectivity index (χ1v) is 5.30. The lowest BCUT2D eigenvalue weighted by molar-refractivity contribution is -0.111. The van der Waals surface area contributed by atoms with E-state index in [0.717, 1.165) is 5.56 Å². The van der Waals surface area contributed by atoms with Gasteiger partial charge in [-0.1, -0.05) is 29.8 Å². The number of hydrogen-bond donors (Lipinski definition) is 0. The van der Waals surface area contributed by atoms with E-state index in [-0.39, 0.29) is 11.7 Å². The van der Waals surface area contributed by atoms with Crippen LogP contribution in [-0.2, 0) is 4.79 Å². The van der Waals surface area contributed by atoms with Gasteiger partial charge in [0.05, 0.1) is 5.57 Å². The van der Waals surface area contributed by atoms with Crippen molar-refractivity contribution in [1.82, 2.24) is 10.2 Å². The lowest BCUT2D eigenvalue weighted by Crippen LogP contribution is -1.96. The summed E-state index contributed by atoms with van der Waals surface area (Å²) in [5, 5.41) is 7.82. The normalized spacial score (nSPS) is 11.5. The van der Waals surface area contributed by atoms with Crippen LogP contribution in [0.5, 0.6) is 0 Å². The zero-order valence-electron chi connectivity index (χ0n) is 9.05. The van der Waals surface area contributed by atoms with Gasteiger partial charge in [0.25, 0.3) is 5.89 Å². The SMILES string of the molecule is CC(=O)/C(=C/c1ccccc1Cl)c1nnco1. The van der Waals surface area contributed by atoms with Crippen LogP contribution in [0.15, 0.2) is 35.1 Å². The maximum atomic E-state index is 11.5. The van der Waals surface area contributed by atoms with Gasteiger partial charge in [-0.05, 0) is 24.6 Å². The molecule has 0 spiro atoms. The number of aromatic nitrogens is 2. The molecule has 1 aromatic carbocycles. The molecule has 4 nitrogen and oxygen atoms in total. The van der Waals surface area contributed by atoms with Crippen LogP contribution in [0.2, 0.25) is 5.02 Å². The molecule has 2 rings (SSSR count). The molecule has 0 unspecified atom stereocenters. The second-order valence-corrected chi connectivity index (χ2v) is 3.79. The standard InChI is InChI=1S/C12H9ClN2O2/c1-8(16)10(12-15-14-7-17-12)6-9-4-2-3-5-11(9)13/h2-7H,1H3/b10-6-.